The van der Waals surface area contributed by atoms with Crippen molar-refractivity contribution in [2.24, 2.45) is 0 Å². The summed E-state index contributed by atoms with van der Waals surface area (Å²) in [4.78, 5) is 15.6. The molecule has 2 heterocycles. The summed E-state index contributed by atoms with van der Waals surface area (Å²) in [5.74, 6) is -0.154. The highest BCUT2D eigenvalue weighted by molar-refractivity contribution is 9.10. The van der Waals surface area contributed by atoms with E-state index in [1.165, 1.54) is 0 Å². The lowest BCUT2D eigenvalue weighted by atomic mass is 10.1. The Kier molecular flexibility index (Phi) is 1.89. The van der Waals surface area contributed by atoms with Gasteiger partial charge in [-0.05, 0) is 40.9 Å². The zero-order chi connectivity index (χ0) is 11.3. The van der Waals surface area contributed by atoms with Crippen LogP contribution in [0.5, 0.6) is 0 Å². The third-order valence-corrected chi connectivity index (χ3v) is 3.67. The Labute approximate surface area is 100 Å². The monoisotopic (exact) mass is 280 g/mol. The van der Waals surface area contributed by atoms with E-state index in [0.29, 0.717) is 23.3 Å². The van der Waals surface area contributed by atoms with Crippen LogP contribution < -0.4 is 0 Å². The first-order chi connectivity index (χ1) is 7.65. The number of carbonyl (C=O) groups is 1. The molecule has 0 bridgehead atoms. The number of hydrogen-bond acceptors (Lipinski definition) is 2. The van der Waals surface area contributed by atoms with E-state index in [1.807, 2.05) is 28.8 Å². The molecule has 1 saturated carbocycles. The summed E-state index contributed by atoms with van der Waals surface area (Å²) in [6.07, 6.45) is 3.19. The van der Waals surface area contributed by atoms with Crippen molar-refractivity contribution < 1.29 is 9.90 Å². The topological polar surface area (TPSA) is 54.6 Å². The number of hydrogen-bond donors (Lipinski definition) is 1. The van der Waals surface area contributed by atoms with Crippen LogP contribution in [0.3, 0.4) is 0 Å². The van der Waals surface area contributed by atoms with Crippen molar-refractivity contribution in [1.29, 1.82) is 0 Å². The van der Waals surface area contributed by atoms with Crippen LogP contribution in [-0.4, -0.2) is 20.5 Å². The molecule has 0 amide bonds. The van der Waals surface area contributed by atoms with E-state index in [0.717, 1.165) is 5.52 Å². The minimum absolute atomic E-state index is 0.627. The molecule has 1 N–H and O–H groups in total. The molecule has 2 aromatic rings. The fraction of sp³-hybridized carbons (Fsp3) is 0.273. The molecular formula is C11H9BrN2O2. The van der Waals surface area contributed by atoms with Gasteiger partial charge in [0.2, 0.25) is 0 Å². The van der Waals surface area contributed by atoms with Crippen LogP contribution in [0, 0.1) is 0 Å². The number of imidazole rings is 1. The quantitative estimate of drug-likeness (QED) is 0.918. The van der Waals surface area contributed by atoms with Gasteiger partial charge in [0.1, 0.15) is 15.8 Å². The van der Waals surface area contributed by atoms with Crippen molar-refractivity contribution in [1.82, 2.24) is 9.38 Å². The Morgan fingerprint density at radius 3 is 2.88 bits per heavy atom. The summed E-state index contributed by atoms with van der Waals surface area (Å²) < 4.78 is 2.56. The SMILES string of the molecule is O=C(O)C1(c2nc(Br)c3ccccn23)CC1. The summed E-state index contributed by atoms with van der Waals surface area (Å²) in [5, 5.41) is 9.26. The van der Waals surface area contributed by atoms with Gasteiger partial charge in [-0.1, -0.05) is 6.07 Å². The average molecular weight is 281 g/mol. The summed E-state index contributed by atoms with van der Waals surface area (Å²) in [5.41, 5.74) is 0.140. The van der Waals surface area contributed by atoms with E-state index >= 15 is 0 Å². The second kappa shape index (κ2) is 3.07. The van der Waals surface area contributed by atoms with Crippen LogP contribution in [-0.2, 0) is 10.2 Å². The second-order valence-corrected chi connectivity index (χ2v) is 4.82. The maximum atomic E-state index is 11.3. The molecule has 5 heteroatoms. The van der Waals surface area contributed by atoms with Crippen molar-refractivity contribution >= 4 is 27.4 Å². The predicted molar refractivity (Wildman–Crippen MR) is 61.4 cm³/mol. The highest BCUT2D eigenvalue weighted by atomic mass is 79.9. The van der Waals surface area contributed by atoms with Crippen molar-refractivity contribution in [3.05, 3.63) is 34.8 Å². The maximum absolute atomic E-state index is 11.3. The molecule has 0 aliphatic heterocycles. The normalized spacial score (nSPS) is 17.6. The van der Waals surface area contributed by atoms with Crippen molar-refractivity contribution in [2.45, 2.75) is 18.3 Å². The smallest absolute Gasteiger partial charge is 0.317 e. The standard InChI is InChI=1S/C11H9BrN2O2/c12-8-7-3-1-2-6-14(7)9(13-8)11(4-5-11)10(15)16/h1-3,6H,4-5H2,(H,15,16). The largest absolute Gasteiger partial charge is 0.480 e. The lowest BCUT2D eigenvalue weighted by Gasteiger charge is -2.07. The molecule has 82 valence electrons. The predicted octanol–water partition coefficient (Wildman–Crippen LogP) is 2.21. The summed E-state index contributed by atoms with van der Waals surface area (Å²) >= 11 is 3.36. The van der Waals surface area contributed by atoms with Gasteiger partial charge in [-0.3, -0.25) is 4.79 Å². The Bertz CT molecular complexity index is 587. The van der Waals surface area contributed by atoms with E-state index in [4.69, 9.17) is 0 Å². The number of aliphatic carboxylic acids is 1. The van der Waals surface area contributed by atoms with E-state index in [2.05, 4.69) is 20.9 Å². The molecule has 0 radical (unpaired) electrons. The first kappa shape index (κ1) is 9.84. The van der Waals surface area contributed by atoms with Gasteiger partial charge in [0.25, 0.3) is 0 Å². The Hall–Kier alpha value is -1.36. The van der Waals surface area contributed by atoms with Crippen LogP contribution >= 0.6 is 15.9 Å². The lowest BCUT2D eigenvalue weighted by molar-refractivity contribution is -0.140. The molecule has 16 heavy (non-hydrogen) atoms. The Balaban J connectivity index is 2.29. The molecule has 3 rings (SSSR count). The van der Waals surface area contributed by atoms with E-state index < -0.39 is 11.4 Å². The maximum Gasteiger partial charge on any atom is 0.317 e. The van der Waals surface area contributed by atoms with Gasteiger partial charge in [0.05, 0.1) is 5.52 Å². The van der Waals surface area contributed by atoms with E-state index in [1.54, 1.807) is 0 Å². The zero-order valence-electron chi connectivity index (χ0n) is 8.35. The molecule has 1 fully saturated rings. The number of carboxylic acids is 1. The molecule has 0 saturated heterocycles. The number of fused-ring (bicyclic) bond motifs is 1. The molecule has 0 unspecified atom stereocenters. The number of nitrogens with zero attached hydrogens (tertiary/aromatic N) is 2. The molecule has 0 aromatic carbocycles. The first-order valence-corrected chi connectivity index (χ1v) is 5.81. The third kappa shape index (κ3) is 1.15. The van der Waals surface area contributed by atoms with E-state index in [-0.39, 0.29) is 0 Å². The highest BCUT2D eigenvalue weighted by Gasteiger charge is 2.55. The number of rotatable bonds is 2. The highest BCUT2D eigenvalue weighted by Crippen LogP contribution is 2.48. The number of pyridine rings is 1. The fourth-order valence-electron chi connectivity index (χ4n) is 2.00. The molecule has 0 spiro atoms. The van der Waals surface area contributed by atoms with Crippen LogP contribution in [0.4, 0.5) is 0 Å². The molecular weight excluding hydrogens is 272 g/mol. The van der Waals surface area contributed by atoms with Gasteiger partial charge in [0, 0.05) is 6.20 Å². The molecule has 2 aromatic heterocycles. The van der Waals surface area contributed by atoms with Crippen LogP contribution in [0.25, 0.3) is 5.52 Å². The molecule has 0 atom stereocenters. The first-order valence-electron chi connectivity index (χ1n) is 5.02. The van der Waals surface area contributed by atoms with Crippen LogP contribution in [0.15, 0.2) is 29.0 Å². The zero-order valence-corrected chi connectivity index (χ0v) is 9.94. The van der Waals surface area contributed by atoms with E-state index in [9.17, 15) is 9.90 Å². The van der Waals surface area contributed by atoms with Gasteiger partial charge < -0.3 is 9.51 Å². The average Bonchev–Trinajstić information content (AvgIpc) is 3.01. The molecule has 4 nitrogen and oxygen atoms in total. The molecule has 1 aliphatic carbocycles. The number of aromatic nitrogens is 2. The Morgan fingerprint density at radius 2 is 2.25 bits per heavy atom. The summed E-state index contributed by atoms with van der Waals surface area (Å²) in [6, 6.07) is 5.70. The van der Waals surface area contributed by atoms with Crippen molar-refractivity contribution in [3.8, 4) is 0 Å². The lowest BCUT2D eigenvalue weighted by Crippen LogP contribution is -2.22. The summed E-state index contributed by atoms with van der Waals surface area (Å²) in [6.45, 7) is 0. The van der Waals surface area contributed by atoms with Gasteiger partial charge in [-0.25, -0.2) is 4.98 Å². The third-order valence-electron chi connectivity index (χ3n) is 3.09. The molecule has 1 aliphatic rings. The van der Waals surface area contributed by atoms with Gasteiger partial charge in [0.15, 0.2) is 0 Å². The van der Waals surface area contributed by atoms with Gasteiger partial charge >= 0.3 is 5.97 Å². The van der Waals surface area contributed by atoms with Gasteiger partial charge in [-0.15, -0.1) is 0 Å². The fourth-order valence-corrected chi connectivity index (χ4v) is 2.49. The van der Waals surface area contributed by atoms with Crippen molar-refractivity contribution in [3.63, 3.8) is 0 Å². The van der Waals surface area contributed by atoms with Crippen molar-refractivity contribution in [2.75, 3.05) is 0 Å². The number of halogens is 1. The summed E-state index contributed by atoms with van der Waals surface area (Å²) in [7, 11) is 0. The van der Waals surface area contributed by atoms with Crippen LogP contribution in [0.2, 0.25) is 0 Å². The minimum atomic E-state index is -0.782. The van der Waals surface area contributed by atoms with Gasteiger partial charge in [-0.2, -0.15) is 0 Å². The second-order valence-electron chi connectivity index (χ2n) is 4.07. The Morgan fingerprint density at radius 1 is 1.50 bits per heavy atom. The van der Waals surface area contributed by atoms with Crippen LogP contribution in [0.1, 0.15) is 18.7 Å². The number of carboxylic acid groups (broad SMARTS) is 1. The minimum Gasteiger partial charge on any atom is -0.480 e.